The van der Waals surface area contributed by atoms with Crippen molar-refractivity contribution in [2.75, 3.05) is 13.2 Å². The van der Waals surface area contributed by atoms with Crippen molar-refractivity contribution >= 4 is 13.8 Å². The van der Waals surface area contributed by atoms with Crippen molar-refractivity contribution in [1.82, 2.24) is 0 Å². The molecule has 0 aromatic rings. The highest BCUT2D eigenvalue weighted by Gasteiger charge is 2.17. The van der Waals surface area contributed by atoms with E-state index in [0.29, 0.717) is 0 Å². The summed E-state index contributed by atoms with van der Waals surface area (Å²) in [5.41, 5.74) is 0. The number of aliphatic hydroxyl groups excluding tert-OH is 1. The average molecular weight is 380 g/mol. The number of phosphoric acid groups is 1. The van der Waals surface area contributed by atoms with Crippen LogP contribution in [0.15, 0.2) is 12.2 Å². The minimum Gasteiger partial charge on any atom is -0.463 e. The molecule has 0 amide bonds. The minimum atomic E-state index is -4.61. The van der Waals surface area contributed by atoms with Gasteiger partial charge in [-0.05, 0) is 25.7 Å². The second-order valence-corrected chi connectivity index (χ2v) is 7.28. The van der Waals surface area contributed by atoms with Crippen molar-refractivity contribution < 1.29 is 33.5 Å². The zero-order valence-corrected chi connectivity index (χ0v) is 16.0. The van der Waals surface area contributed by atoms with E-state index in [1.54, 1.807) is 0 Å². The van der Waals surface area contributed by atoms with E-state index in [-0.39, 0.29) is 13.0 Å². The molecule has 1 unspecified atom stereocenters. The molecule has 1 atom stereocenters. The molecule has 0 heterocycles. The molecule has 0 saturated carbocycles. The van der Waals surface area contributed by atoms with Crippen LogP contribution in [0.3, 0.4) is 0 Å². The Morgan fingerprint density at radius 1 is 1.00 bits per heavy atom. The lowest BCUT2D eigenvalue weighted by Gasteiger charge is -2.12. The first-order valence-electron chi connectivity index (χ1n) is 9.04. The lowest BCUT2D eigenvalue weighted by atomic mass is 10.1. The fourth-order valence-corrected chi connectivity index (χ4v) is 2.48. The normalized spacial score (nSPS) is 13.3. The van der Waals surface area contributed by atoms with Crippen molar-refractivity contribution in [2.24, 2.45) is 0 Å². The van der Waals surface area contributed by atoms with Crippen LogP contribution in [0.2, 0.25) is 0 Å². The monoisotopic (exact) mass is 380 g/mol. The van der Waals surface area contributed by atoms with Gasteiger partial charge in [-0.2, -0.15) is 0 Å². The molecule has 0 bridgehead atoms. The Kier molecular flexibility index (Phi) is 15.1. The van der Waals surface area contributed by atoms with Gasteiger partial charge in [0.05, 0.1) is 6.61 Å². The number of unbranched alkanes of at least 4 members (excludes halogenated alkanes) is 7. The second-order valence-electron chi connectivity index (χ2n) is 6.04. The lowest BCUT2D eigenvalue weighted by Crippen LogP contribution is -2.23. The van der Waals surface area contributed by atoms with Gasteiger partial charge in [0.2, 0.25) is 0 Å². The third kappa shape index (κ3) is 19.5. The van der Waals surface area contributed by atoms with Crippen molar-refractivity contribution in [3.63, 3.8) is 0 Å². The summed E-state index contributed by atoms with van der Waals surface area (Å²) in [7, 11) is -4.61. The first-order chi connectivity index (χ1) is 11.8. The van der Waals surface area contributed by atoms with Crippen LogP contribution in [-0.4, -0.2) is 40.2 Å². The van der Waals surface area contributed by atoms with E-state index in [2.05, 4.69) is 23.6 Å². The second kappa shape index (κ2) is 15.5. The Morgan fingerprint density at radius 2 is 1.60 bits per heavy atom. The van der Waals surface area contributed by atoms with Gasteiger partial charge in [0, 0.05) is 6.42 Å². The van der Waals surface area contributed by atoms with Crippen LogP contribution < -0.4 is 0 Å². The molecule has 25 heavy (non-hydrogen) atoms. The molecular formula is C17H33O7P. The van der Waals surface area contributed by atoms with Crippen molar-refractivity contribution in [2.45, 2.75) is 77.2 Å². The number of esters is 1. The number of carbonyl (C=O) groups excluding carboxylic acids is 1. The van der Waals surface area contributed by atoms with Gasteiger partial charge in [0.1, 0.15) is 12.7 Å². The molecule has 0 aromatic heterocycles. The predicted molar refractivity (Wildman–Crippen MR) is 95.9 cm³/mol. The van der Waals surface area contributed by atoms with Gasteiger partial charge in [0.25, 0.3) is 0 Å². The zero-order chi connectivity index (χ0) is 19.0. The van der Waals surface area contributed by atoms with Crippen LogP contribution in [-0.2, 0) is 18.6 Å². The quantitative estimate of drug-likeness (QED) is 0.163. The van der Waals surface area contributed by atoms with Crippen LogP contribution >= 0.6 is 7.82 Å². The molecule has 7 nitrogen and oxygen atoms in total. The van der Waals surface area contributed by atoms with Crippen LogP contribution in [0.1, 0.15) is 71.1 Å². The number of phosphoric ester groups is 1. The summed E-state index contributed by atoms with van der Waals surface area (Å²) in [6.45, 7) is 1.28. The number of hydrogen-bond acceptors (Lipinski definition) is 5. The SMILES string of the molecule is CCCC/C=C/CCCCCCCC(=O)OCC(O)COP(=O)(O)O. The summed E-state index contributed by atoms with van der Waals surface area (Å²) in [6, 6.07) is 0. The highest BCUT2D eigenvalue weighted by atomic mass is 31.2. The molecule has 0 aromatic carbocycles. The molecule has 0 saturated heterocycles. The first kappa shape index (κ1) is 24.3. The average Bonchev–Trinajstić information content (AvgIpc) is 2.55. The number of hydrogen-bond donors (Lipinski definition) is 3. The predicted octanol–water partition coefficient (Wildman–Crippen LogP) is 3.48. The standard InChI is InChI=1S/C17H33O7P/c1-2-3-4-5-6-7-8-9-10-11-12-13-17(19)23-14-16(18)15-24-25(20,21)22/h5-6,16,18H,2-4,7-15H2,1H3,(H2,20,21,22)/b6-5+. The maximum absolute atomic E-state index is 11.5. The Morgan fingerprint density at radius 3 is 2.24 bits per heavy atom. The van der Waals surface area contributed by atoms with Gasteiger partial charge < -0.3 is 19.6 Å². The summed E-state index contributed by atoms with van der Waals surface area (Å²) >= 11 is 0. The van der Waals surface area contributed by atoms with E-state index in [9.17, 15) is 14.5 Å². The molecule has 0 spiro atoms. The number of aliphatic hydroxyl groups is 1. The van der Waals surface area contributed by atoms with Gasteiger partial charge in [-0.1, -0.05) is 51.2 Å². The maximum Gasteiger partial charge on any atom is 0.469 e. The Labute approximate surface area is 150 Å². The van der Waals surface area contributed by atoms with E-state index in [4.69, 9.17) is 14.5 Å². The smallest absolute Gasteiger partial charge is 0.463 e. The van der Waals surface area contributed by atoms with Crippen molar-refractivity contribution in [3.05, 3.63) is 12.2 Å². The third-order valence-electron chi connectivity index (χ3n) is 3.51. The molecule has 148 valence electrons. The van der Waals surface area contributed by atoms with Crippen LogP contribution in [0.5, 0.6) is 0 Å². The van der Waals surface area contributed by atoms with Gasteiger partial charge >= 0.3 is 13.8 Å². The summed E-state index contributed by atoms with van der Waals surface area (Å²) < 4.78 is 19.4. The molecule has 0 aliphatic carbocycles. The Bertz CT molecular complexity index is 406. The van der Waals surface area contributed by atoms with E-state index in [1.807, 2.05) is 0 Å². The number of rotatable bonds is 16. The Hall–Kier alpha value is -0.720. The molecule has 0 radical (unpaired) electrons. The highest BCUT2D eigenvalue weighted by molar-refractivity contribution is 7.46. The molecule has 0 fully saturated rings. The van der Waals surface area contributed by atoms with Crippen molar-refractivity contribution in [3.8, 4) is 0 Å². The topological polar surface area (TPSA) is 113 Å². The number of allylic oxidation sites excluding steroid dienone is 2. The summed E-state index contributed by atoms with van der Waals surface area (Å²) in [4.78, 5) is 28.4. The summed E-state index contributed by atoms with van der Waals surface area (Å²) in [6.07, 6.45) is 13.4. The molecular weight excluding hydrogens is 347 g/mol. The van der Waals surface area contributed by atoms with Gasteiger partial charge in [0.15, 0.2) is 0 Å². The van der Waals surface area contributed by atoms with E-state index in [0.717, 1.165) is 32.1 Å². The van der Waals surface area contributed by atoms with E-state index in [1.165, 1.54) is 25.7 Å². The molecule has 8 heteroatoms. The zero-order valence-electron chi connectivity index (χ0n) is 15.1. The van der Waals surface area contributed by atoms with Crippen LogP contribution in [0.25, 0.3) is 0 Å². The Balaban J connectivity index is 3.44. The largest absolute Gasteiger partial charge is 0.469 e. The fourth-order valence-electron chi connectivity index (χ4n) is 2.11. The van der Waals surface area contributed by atoms with Crippen LogP contribution in [0, 0.1) is 0 Å². The van der Waals surface area contributed by atoms with Crippen LogP contribution in [0.4, 0.5) is 0 Å². The summed E-state index contributed by atoms with van der Waals surface area (Å²) in [5.74, 6) is -0.422. The van der Waals surface area contributed by atoms with Gasteiger partial charge in [-0.3, -0.25) is 9.32 Å². The van der Waals surface area contributed by atoms with Gasteiger partial charge in [-0.15, -0.1) is 0 Å². The summed E-state index contributed by atoms with van der Waals surface area (Å²) in [5, 5.41) is 9.37. The molecule has 0 rings (SSSR count). The van der Waals surface area contributed by atoms with E-state index < -0.39 is 26.5 Å². The number of carbonyl (C=O) groups is 1. The number of ether oxygens (including phenoxy) is 1. The third-order valence-corrected chi connectivity index (χ3v) is 4.00. The highest BCUT2D eigenvalue weighted by Crippen LogP contribution is 2.35. The first-order valence-corrected chi connectivity index (χ1v) is 10.6. The molecule has 3 N–H and O–H groups in total. The fraction of sp³-hybridized carbons (Fsp3) is 0.824. The maximum atomic E-state index is 11.5. The molecule has 0 aliphatic heterocycles. The lowest BCUT2D eigenvalue weighted by molar-refractivity contribution is -0.147. The van der Waals surface area contributed by atoms with Gasteiger partial charge in [-0.25, -0.2) is 4.57 Å². The minimum absolute atomic E-state index is 0.281. The van der Waals surface area contributed by atoms with Crippen molar-refractivity contribution in [1.29, 1.82) is 0 Å². The molecule has 0 aliphatic rings. The van der Waals surface area contributed by atoms with E-state index >= 15 is 0 Å².